The second-order valence-corrected chi connectivity index (χ2v) is 6.73. The number of anilines is 1. The van der Waals surface area contributed by atoms with Crippen molar-refractivity contribution in [3.05, 3.63) is 54.1 Å². The van der Waals surface area contributed by atoms with Crippen LogP contribution in [0, 0.1) is 0 Å². The Bertz CT molecular complexity index is 924. The van der Waals surface area contributed by atoms with Crippen molar-refractivity contribution in [2.75, 3.05) is 18.1 Å². The minimum atomic E-state index is -0.755. The van der Waals surface area contributed by atoms with Crippen LogP contribution in [0.25, 0.3) is 0 Å². The highest BCUT2D eigenvalue weighted by Crippen LogP contribution is 2.30. The van der Waals surface area contributed by atoms with Crippen molar-refractivity contribution in [3.8, 4) is 11.5 Å². The molecule has 0 unspecified atom stereocenters. The molecule has 1 atom stereocenters. The number of hydrogen-bond acceptors (Lipinski definition) is 5. The lowest BCUT2D eigenvalue weighted by Crippen LogP contribution is -2.42. The predicted octanol–water partition coefficient (Wildman–Crippen LogP) is 2.49. The molecule has 0 radical (unpaired) electrons. The average Bonchev–Trinajstić information content (AvgIpc) is 3.17. The van der Waals surface area contributed by atoms with Crippen LogP contribution in [0.3, 0.4) is 0 Å². The molecule has 7 nitrogen and oxygen atoms in total. The van der Waals surface area contributed by atoms with E-state index in [1.54, 1.807) is 17.0 Å². The number of fused-ring (bicyclic) bond motifs is 1. The summed E-state index contributed by atoms with van der Waals surface area (Å²) in [6.45, 7) is 2.70. The number of amides is 2. The largest absolute Gasteiger partial charge is 0.485 e. The molecule has 2 aromatic carbocycles. The van der Waals surface area contributed by atoms with E-state index in [9.17, 15) is 9.59 Å². The number of nitrogens with one attached hydrogen (secondary N) is 1. The van der Waals surface area contributed by atoms with Crippen LogP contribution in [0.1, 0.15) is 25.3 Å². The number of nitrogens with zero attached hydrogens (tertiary/aromatic N) is 2. The van der Waals surface area contributed by atoms with E-state index in [0.29, 0.717) is 23.6 Å². The lowest BCUT2D eigenvalue weighted by atomic mass is 10.1. The molecule has 0 bridgehead atoms. The van der Waals surface area contributed by atoms with Crippen LogP contribution in [0.2, 0.25) is 0 Å². The van der Waals surface area contributed by atoms with E-state index in [1.807, 2.05) is 43.3 Å². The Balaban J connectivity index is 1.38. The van der Waals surface area contributed by atoms with Crippen molar-refractivity contribution in [2.45, 2.75) is 25.9 Å². The minimum absolute atomic E-state index is 0.135. The van der Waals surface area contributed by atoms with Gasteiger partial charge in [-0.1, -0.05) is 24.3 Å². The first-order chi connectivity index (χ1) is 13.6. The maximum Gasteiger partial charge on any atom is 0.284 e. The lowest BCUT2D eigenvalue weighted by molar-refractivity contribution is -0.130. The Morgan fingerprint density at radius 1 is 1.14 bits per heavy atom. The zero-order valence-electron chi connectivity index (χ0n) is 15.6. The number of rotatable bonds is 4. The van der Waals surface area contributed by atoms with Crippen LogP contribution in [0.15, 0.2) is 53.6 Å². The summed E-state index contributed by atoms with van der Waals surface area (Å²) in [5, 5.41) is 4.17. The molecule has 1 N–H and O–H groups in total. The highest BCUT2D eigenvalue weighted by atomic mass is 16.6. The third-order valence-corrected chi connectivity index (χ3v) is 4.81. The van der Waals surface area contributed by atoms with Gasteiger partial charge in [0, 0.05) is 18.7 Å². The second kappa shape index (κ2) is 7.72. The fourth-order valence-corrected chi connectivity index (χ4v) is 3.23. The number of carbonyl (C=O) groups excluding carboxylic acids is 2. The lowest BCUT2D eigenvalue weighted by Gasteiger charge is -2.24. The summed E-state index contributed by atoms with van der Waals surface area (Å²) in [7, 11) is 0. The molecule has 0 spiro atoms. The Morgan fingerprint density at radius 3 is 2.61 bits per heavy atom. The van der Waals surface area contributed by atoms with E-state index in [4.69, 9.17) is 9.47 Å². The monoisotopic (exact) mass is 379 g/mol. The molecule has 2 aliphatic rings. The fraction of sp³-hybridized carbons (Fsp3) is 0.286. The second-order valence-electron chi connectivity index (χ2n) is 6.73. The van der Waals surface area contributed by atoms with E-state index in [1.165, 1.54) is 0 Å². The average molecular weight is 379 g/mol. The summed E-state index contributed by atoms with van der Waals surface area (Å²) in [6.07, 6.45) is 0.742. The van der Waals surface area contributed by atoms with Gasteiger partial charge in [0.25, 0.3) is 5.91 Å². The third-order valence-electron chi connectivity index (χ3n) is 4.81. The summed E-state index contributed by atoms with van der Waals surface area (Å²) >= 11 is 0. The first-order valence-corrected chi connectivity index (χ1v) is 9.25. The van der Waals surface area contributed by atoms with E-state index < -0.39 is 6.10 Å². The molecule has 1 fully saturated rings. The van der Waals surface area contributed by atoms with Gasteiger partial charge in [-0.15, -0.1) is 0 Å². The molecular weight excluding hydrogens is 358 g/mol. The van der Waals surface area contributed by atoms with E-state index in [0.717, 1.165) is 24.2 Å². The van der Waals surface area contributed by atoms with Crippen molar-refractivity contribution in [3.63, 3.8) is 0 Å². The zero-order valence-corrected chi connectivity index (χ0v) is 15.6. The Morgan fingerprint density at radius 2 is 1.89 bits per heavy atom. The van der Waals surface area contributed by atoms with E-state index >= 15 is 0 Å². The van der Waals surface area contributed by atoms with Gasteiger partial charge in [0.15, 0.2) is 11.5 Å². The number of carbonyl (C=O) groups is 2. The van der Waals surface area contributed by atoms with Gasteiger partial charge in [-0.25, -0.2) is 5.43 Å². The molecule has 0 aliphatic carbocycles. The highest BCUT2D eigenvalue weighted by molar-refractivity contribution is 6.00. The Hall–Kier alpha value is -3.35. The summed E-state index contributed by atoms with van der Waals surface area (Å²) in [4.78, 5) is 26.0. The van der Waals surface area contributed by atoms with Gasteiger partial charge in [0.05, 0.1) is 5.71 Å². The topological polar surface area (TPSA) is 80.2 Å². The van der Waals surface area contributed by atoms with Crippen molar-refractivity contribution in [1.82, 2.24) is 5.43 Å². The van der Waals surface area contributed by atoms with Crippen LogP contribution in [-0.2, 0) is 9.59 Å². The van der Waals surface area contributed by atoms with Gasteiger partial charge >= 0.3 is 0 Å². The predicted molar refractivity (Wildman–Crippen MR) is 105 cm³/mol. The molecule has 2 aromatic rings. The van der Waals surface area contributed by atoms with Gasteiger partial charge in [0.2, 0.25) is 12.0 Å². The molecule has 1 saturated heterocycles. The SMILES string of the molecule is C/C(=N/NC(=O)[C@H]1COc2ccccc2O1)c1ccc(N2CCCC2=O)cc1. The molecule has 4 rings (SSSR count). The summed E-state index contributed by atoms with van der Waals surface area (Å²) in [6, 6.07) is 14.8. The number of ether oxygens (including phenoxy) is 2. The van der Waals surface area contributed by atoms with Crippen molar-refractivity contribution >= 4 is 23.2 Å². The third kappa shape index (κ3) is 3.69. The standard InChI is InChI=1S/C21H21N3O4/c1-14(15-8-10-16(11-9-15)24-12-4-7-20(24)25)22-23-21(26)19-13-27-17-5-2-3-6-18(17)28-19/h2-3,5-6,8-11,19H,4,7,12-13H2,1H3,(H,23,26)/b22-14-/t19-/m1/s1. The Labute approximate surface area is 162 Å². The normalized spacial score (nSPS) is 18.9. The highest BCUT2D eigenvalue weighted by Gasteiger charge is 2.27. The number of benzene rings is 2. The molecule has 7 heteroatoms. The van der Waals surface area contributed by atoms with Gasteiger partial charge in [0.1, 0.15) is 6.61 Å². The van der Waals surface area contributed by atoms with Crippen LogP contribution in [0.5, 0.6) is 11.5 Å². The van der Waals surface area contributed by atoms with Crippen molar-refractivity contribution in [1.29, 1.82) is 0 Å². The fourth-order valence-electron chi connectivity index (χ4n) is 3.23. The molecule has 0 aromatic heterocycles. The molecule has 0 saturated carbocycles. The molecule has 2 aliphatic heterocycles. The summed E-state index contributed by atoms with van der Waals surface area (Å²) < 4.78 is 11.2. The van der Waals surface area contributed by atoms with Gasteiger partial charge < -0.3 is 14.4 Å². The van der Waals surface area contributed by atoms with E-state index in [-0.39, 0.29) is 18.4 Å². The maximum atomic E-state index is 12.3. The van der Waals surface area contributed by atoms with Crippen LogP contribution in [-0.4, -0.2) is 36.8 Å². The smallest absolute Gasteiger partial charge is 0.284 e. The molecular formula is C21H21N3O4. The van der Waals surface area contributed by atoms with Gasteiger partial charge in [-0.05, 0) is 43.2 Å². The minimum Gasteiger partial charge on any atom is -0.485 e. The van der Waals surface area contributed by atoms with Crippen molar-refractivity contribution < 1.29 is 19.1 Å². The van der Waals surface area contributed by atoms with Gasteiger partial charge in [-0.2, -0.15) is 5.10 Å². The number of hydrazone groups is 1. The summed E-state index contributed by atoms with van der Waals surface area (Å²) in [5.41, 5.74) is 4.94. The Kier molecular flexibility index (Phi) is 4.97. The first kappa shape index (κ1) is 18.0. The zero-order chi connectivity index (χ0) is 19.5. The van der Waals surface area contributed by atoms with Gasteiger partial charge in [-0.3, -0.25) is 9.59 Å². The number of hydrogen-bond donors (Lipinski definition) is 1. The van der Waals surface area contributed by atoms with Crippen molar-refractivity contribution in [2.24, 2.45) is 5.10 Å². The van der Waals surface area contributed by atoms with Crippen LogP contribution in [0.4, 0.5) is 5.69 Å². The molecule has 28 heavy (non-hydrogen) atoms. The van der Waals surface area contributed by atoms with Crippen LogP contribution < -0.4 is 19.8 Å². The molecule has 144 valence electrons. The summed E-state index contributed by atoms with van der Waals surface area (Å²) in [5.74, 6) is 0.958. The molecule has 2 amide bonds. The number of para-hydroxylation sites is 2. The molecule has 2 heterocycles. The quantitative estimate of drug-likeness (QED) is 0.654. The maximum absolute atomic E-state index is 12.3. The van der Waals surface area contributed by atoms with E-state index in [2.05, 4.69) is 10.5 Å². The first-order valence-electron chi connectivity index (χ1n) is 9.25. The van der Waals surface area contributed by atoms with Crippen LogP contribution >= 0.6 is 0 Å².